The number of carbonyl (C=O) groups is 2. The molecule has 0 bridgehead atoms. The number of alkyl halides is 5. The zero-order valence-corrected chi connectivity index (χ0v) is 15.6. The van der Waals surface area contributed by atoms with E-state index < -0.39 is 54.8 Å². The highest BCUT2D eigenvalue weighted by atomic mass is 19.4. The fraction of sp³-hybridized carbons (Fsp3) is 0.450. The van der Waals surface area contributed by atoms with Crippen LogP contribution in [0, 0.1) is 5.92 Å². The third-order valence-electron chi connectivity index (χ3n) is 5.28. The number of hydrogen-bond donors (Lipinski definition) is 0. The first-order chi connectivity index (χ1) is 14.1. The second-order valence-corrected chi connectivity index (χ2v) is 7.52. The Morgan fingerprint density at radius 1 is 1.17 bits per heavy atom. The third-order valence-corrected chi connectivity index (χ3v) is 5.28. The number of Topliss-reactive ketones (excluding diaryl/α,β-unsaturated/α-hetero) is 1. The van der Waals surface area contributed by atoms with Crippen molar-refractivity contribution in [3.05, 3.63) is 52.8 Å². The Hall–Kier alpha value is -2.78. The first-order valence-corrected chi connectivity index (χ1v) is 9.41. The Balaban J connectivity index is 1.75. The molecular formula is C20H17F5N2O3. The van der Waals surface area contributed by atoms with Gasteiger partial charge in [-0.15, -0.1) is 0 Å². The van der Waals surface area contributed by atoms with Gasteiger partial charge in [-0.1, -0.05) is 18.2 Å². The van der Waals surface area contributed by atoms with Crippen LogP contribution in [0.3, 0.4) is 0 Å². The molecule has 2 aliphatic carbocycles. The highest BCUT2D eigenvalue weighted by Gasteiger charge is 2.54. The summed E-state index contributed by atoms with van der Waals surface area (Å²) in [6.45, 7) is -0.423. The van der Waals surface area contributed by atoms with Crippen LogP contribution in [-0.4, -0.2) is 27.5 Å². The van der Waals surface area contributed by atoms with Gasteiger partial charge in [-0.05, 0) is 31.4 Å². The molecule has 1 aromatic heterocycles. The number of halogens is 5. The topological polar surface area (TPSA) is 61.2 Å². The number of fused-ring (bicyclic) bond motifs is 1. The Morgan fingerprint density at radius 2 is 1.83 bits per heavy atom. The van der Waals surface area contributed by atoms with E-state index >= 15 is 0 Å². The summed E-state index contributed by atoms with van der Waals surface area (Å²) in [7, 11) is 0. The van der Waals surface area contributed by atoms with Gasteiger partial charge in [0.1, 0.15) is 6.54 Å². The van der Waals surface area contributed by atoms with Crippen LogP contribution in [0.5, 0.6) is 0 Å². The van der Waals surface area contributed by atoms with Crippen molar-refractivity contribution in [1.82, 2.24) is 9.78 Å². The highest BCUT2D eigenvalue weighted by molar-refractivity contribution is 5.89. The van der Waals surface area contributed by atoms with E-state index in [1.165, 1.54) is 24.3 Å². The highest BCUT2D eigenvalue weighted by Crippen LogP contribution is 2.48. The molecule has 30 heavy (non-hydrogen) atoms. The summed E-state index contributed by atoms with van der Waals surface area (Å²) in [4.78, 5) is 24.5. The molecule has 0 radical (unpaired) electrons. The lowest BCUT2D eigenvalue weighted by Crippen LogP contribution is -2.36. The van der Waals surface area contributed by atoms with E-state index in [0.717, 1.165) is 4.68 Å². The molecule has 1 fully saturated rings. The van der Waals surface area contributed by atoms with Gasteiger partial charge in [0.15, 0.2) is 17.6 Å². The maximum Gasteiger partial charge on any atom is 0.435 e. The van der Waals surface area contributed by atoms with E-state index in [4.69, 9.17) is 4.74 Å². The molecule has 4 rings (SSSR count). The molecule has 2 aromatic rings. The second kappa shape index (κ2) is 7.17. The predicted octanol–water partition coefficient (Wildman–Crippen LogP) is 4.36. The van der Waals surface area contributed by atoms with Crippen LogP contribution in [-0.2, 0) is 28.7 Å². The number of ether oxygens (including phenoxy) is 1. The van der Waals surface area contributed by atoms with Gasteiger partial charge in [0.25, 0.3) is 5.92 Å². The molecule has 0 spiro atoms. The summed E-state index contributed by atoms with van der Waals surface area (Å²) >= 11 is 0. The monoisotopic (exact) mass is 428 g/mol. The van der Waals surface area contributed by atoms with Gasteiger partial charge < -0.3 is 4.74 Å². The standard InChI is InChI=1S/C20H17F5N2O3/c21-19(22)9-8-13-15(17(19)30-18(29)12-4-2-1-3-5-12)16(20(23,24)25)26-27(13)10-14(28)11-6-7-11/h1-5,11,17H,6-10H2/t17-/m0/s1. The molecule has 10 heteroatoms. The molecular weight excluding hydrogens is 411 g/mol. The van der Waals surface area contributed by atoms with E-state index in [9.17, 15) is 31.5 Å². The van der Waals surface area contributed by atoms with Crippen LogP contribution < -0.4 is 0 Å². The molecule has 0 amide bonds. The average molecular weight is 428 g/mol. The Kier molecular flexibility index (Phi) is 4.90. The van der Waals surface area contributed by atoms with Crippen molar-refractivity contribution in [3.8, 4) is 0 Å². The zero-order chi connectivity index (χ0) is 21.7. The predicted molar refractivity (Wildman–Crippen MR) is 92.8 cm³/mol. The fourth-order valence-corrected chi connectivity index (χ4v) is 3.59. The van der Waals surface area contributed by atoms with Crippen molar-refractivity contribution in [2.24, 2.45) is 5.92 Å². The van der Waals surface area contributed by atoms with Crippen molar-refractivity contribution in [2.45, 2.75) is 50.4 Å². The van der Waals surface area contributed by atoms with Crippen molar-refractivity contribution >= 4 is 11.8 Å². The molecule has 0 aliphatic heterocycles. The lowest BCUT2D eigenvalue weighted by Gasteiger charge is -2.32. The first-order valence-electron chi connectivity index (χ1n) is 9.41. The Bertz CT molecular complexity index is 980. The molecule has 0 unspecified atom stereocenters. The zero-order valence-electron chi connectivity index (χ0n) is 15.6. The van der Waals surface area contributed by atoms with E-state index in [2.05, 4.69) is 5.10 Å². The molecule has 0 saturated heterocycles. The smallest absolute Gasteiger partial charge is 0.435 e. The summed E-state index contributed by atoms with van der Waals surface area (Å²) in [5.41, 5.74) is -2.63. The number of benzene rings is 1. The van der Waals surface area contributed by atoms with Crippen LogP contribution in [0.4, 0.5) is 22.0 Å². The van der Waals surface area contributed by atoms with E-state index in [1.807, 2.05) is 0 Å². The van der Waals surface area contributed by atoms with Crippen molar-refractivity contribution in [3.63, 3.8) is 0 Å². The first kappa shape index (κ1) is 20.5. The van der Waals surface area contributed by atoms with Crippen LogP contribution in [0.2, 0.25) is 0 Å². The van der Waals surface area contributed by atoms with E-state index in [-0.39, 0.29) is 23.0 Å². The summed E-state index contributed by atoms with van der Waals surface area (Å²) in [6.07, 6.45) is -7.43. The largest absolute Gasteiger partial charge is 0.447 e. The minimum Gasteiger partial charge on any atom is -0.447 e. The third kappa shape index (κ3) is 3.82. The molecule has 160 valence electrons. The summed E-state index contributed by atoms with van der Waals surface area (Å²) in [5, 5.41) is 3.46. The van der Waals surface area contributed by atoms with Crippen LogP contribution in [0.25, 0.3) is 0 Å². The summed E-state index contributed by atoms with van der Waals surface area (Å²) in [6, 6.07) is 7.17. The normalized spacial score (nSPS) is 20.5. The number of nitrogens with zero attached hydrogens (tertiary/aromatic N) is 2. The summed E-state index contributed by atoms with van der Waals surface area (Å²) in [5.74, 6) is -5.39. The van der Waals surface area contributed by atoms with Crippen molar-refractivity contribution in [1.29, 1.82) is 0 Å². The minimum atomic E-state index is -5.05. The van der Waals surface area contributed by atoms with Gasteiger partial charge in [0.2, 0.25) is 0 Å². The number of aromatic nitrogens is 2. The maximum absolute atomic E-state index is 14.7. The van der Waals surface area contributed by atoms with Crippen molar-refractivity contribution in [2.75, 3.05) is 0 Å². The van der Waals surface area contributed by atoms with Crippen LogP contribution in [0.15, 0.2) is 30.3 Å². The number of hydrogen-bond acceptors (Lipinski definition) is 4. The lowest BCUT2D eigenvalue weighted by atomic mass is 9.89. The van der Waals surface area contributed by atoms with Gasteiger partial charge >= 0.3 is 12.1 Å². The number of ketones is 1. The van der Waals surface area contributed by atoms with Gasteiger partial charge in [-0.2, -0.15) is 18.3 Å². The van der Waals surface area contributed by atoms with Crippen LogP contribution in [0.1, 0.15) is 52.7 Å². The van der Waals surface area contributed by atoms with Crippen LogP contribution >= 0.6 is 0 Å². The fourth-order valence-electron chi connectivity index (χ4n) is 3.59. The van der Waals surface area contributed by atoms with Gasteiger partial charge in [-0.3, -0.25) is 9.48 Å². The molecule has 1 saturated carbocycles. The average Bonchev–Trinajstić information content (AvgIpc) is 3.46. The molecule has 1 atom stereocenters. The van der Waals surface area contributed by atoms with Gasteiger partial charge in [-0.25, -0.2) is 13.6 Å². The Labute approximate surface area is 167 Å². The second-order valence-electron chi connectivity index (χ2n) is 7.52. The summed E-state index contributed by atoms with van der Waals surface area (Å²) < 4.78 is 76.0. The maximum atomic E-state index is 14.7. The van der Waals surface area contributed by atoms with E-state index in [0.29, 0.717) is 12.8 Å². The SMILES string of the molecule is O=C(O[C@H]1c2c(C(F)(F)F)nn(CC(=O)C3CC3)c2CCC1(F)F)c1ccccc1. The minimum absolute atomic E-state index is 0.0646. The molecule has 2 aliphatic rings. The van der Waals surface area contributed by atoms with Gasteiger partial charge in [0, 0.05) is 18.0 Å². The number of esters is 1. The lowest BCUT2D eigenvalue weighted by molar-refractivity contribution is -0.151. The molecule has 1 aromatic carbocycles. The number of carbonyl (C=O) groups excluding carboxylic acids is 2. The van der Waals surface area contributed by atoms with Crippen molar-refractivity contribution < 1.29 is 36.3 Å². The molecule has 0 N–H and O–H groups in total. The quantitative estimate of drug-likeness (QED) is 0.525. The molecule has 1 heterocycles. The number of rotatable bonds is 5. The van der Waals surface area contributed by atoms with E-state index in [1.54, 1.807) is 6.07 Å². The van der Waals surface area contributed by atoms with Gasteiger partial charge in [0.05, 0.1) is 11.1 Å². The Morgan fingerprint density at radius 3 is 2.43 bits per heavy atom. The molecule has 5 nitrogen and oxygen atoms in total.